The summed E-state index contributed by atoms with van der Waals surface area (Å²) in [7, 11) is -0.961. The molecule has 5 nitrogen and oxygen atoms in total. The van der Waals surface area contributed by atoms with E-state index in [9.17, 15) is 9.82 Å². The van der Waals surface area contributed by atoms with Gasteiger partial charge in [-0.3, -0.25) is 4.79 Å². The van der Waals surface area contributed by atoms with Crippen LogP contribution < -0.4 is 11.1 Å². The molecule has 2 fully saturated rings. The summed E-state index contributed by atoms with van der Waals surface area (Å²) in [6.45, 7) is 0.742. The monoisotopic (exact) mass is 240 g/mol. The summed E-state index contributed by atoms with van der Waals surface area (Å²) in [5, 5.41) is 12.9. The highest BCUT2D eigenvalue weighted by atomic mass is 16.6. The lowest BCUT2D eigenvalue weighted by molar-refractivity contribution is -0.145. The van der Waals surface area contributed by atoms with Gasteiger partial charge in [-0.05, 0) is 32.1 Å². The summed E-state index contributed by atoms with van der Waals surface area (Å²) in [5.41, 5.74) is 5.29. The van der Waals surface area contributed by atoms with Gasteiger partial charge < -0.3 is 20.7 Å². The Hall–Kier alpha value is -0.585. The van der Waals surface area contributed by atoms with Crippen molar-refractivity contribution in [1.82, 2.24) is 5.32 Å². The van der Waals surface area contributed by atoms with Crippen LogP contribution in [0.4, 0.5) is 0 Å². The van der Waals surface area contributed by atoms with Gasteiger partial charge in [-0.25, -0.2) is 0 Å². The molecule has 96 valence electrons. The van der Waals surface area contributed by atoms with E-state index < -0.39 is 12.7 Å². The van der Waals surface area contributed by atoms with Crippen molar-refractivity contribution >= 4 is 13.1 Å². The number of carbonyl (C=O) groups excluding carboxylic acids is 1. The van der Waals surface area contributed by atoms with Crippen molar-refractivity contribution in [1.29, 1.82) is 0 Å². The fourth-order valence-electron chi connectivity index (χ4n) is 2.78. The van der Waals surface area contributed by atoms with Crippen molar-refractivity contribution in [3.05, 3.63) is 0 Å². The minimum atomic E-state index is -0.961. The van der Waals surface area contributed by atoms with Gasteiger partial charge in [0.1, 0.15) is 5.54 Å². The molecule has 0 saturated carbocycles. The summed E-state index contributed by atoms with van der Waals surface area (Å²) in [4.78, 5) is 12.2. The first-order valence-electron chi connectivity index (χ1n) is 6.52. The summed E-state index contributed by atoms with van der Waals surface area (Å²) >= 11 is 0. The zero-order valence-electron chi connectivity index (χ0n) is 10.2. The third-order valence-corrected chi connectivity index (χ3v) is 3.78. The van der Waals surface area contributed by atoms with Crippen LogP contribution in [0, 0.1) is 0 Å². The molecule has 0 bridgehead atoms. The molecule has 1 spiro atoms. The summed E-state index contributed by atoms with van der Waals surface area (Å²) < 4.78 is 5.11. The van der Waals surface area contributed by atoms with Crippen molar-refractivity contribution in [3.8, 4) is 0 Å². The number of hydrogen-bond donors (Lipinski definition) is 3. The first-order chi connectivity index (χ1) is 8.12. The number of nitrogens with two attached hydrogens (primary N) is 1. The minimum Gasteiger partial charge on any atom is -0.508 e. The third kappa shape index (κ3) is 3.00. The van der Waals surface area contributed by atoms with Crippen molar-refractivity contribution in [2.75, 3.05) is 6.54 Å². The van der Waals surface area contributed by atoms with Gasteiger partial charge in [-0.1, -0.05) is 19.3 Å². The lowest BCUT2D eigenvalue weighted by atomic mass is 9.81. The molecule has 0 radical (unpaired) electrons. The van der Waals surface area contributed by atoms with Crippen molar-refractivity contribution in [2.24, 2.45) is 5.73 Å². The van der Waals surface area contributed by atoms with Crippen LogP contribution in [0.15, 0.2) is 0 Å². The van der Waals surface area contributed by atoms with E-state index in [2.05, 4.69) is 5.32 Å². The van der Waals surface area contributed by atoms with Crippen LogP contribution in [0.2, 0.25) is 6.32 Å². The summed E-state index contributed by atoms with van der Waals surface area (Å²) in [5.74, 6) is -0.331. The van der Waals surface area contributed by atoms with Gasteiger partial charge >= 0.3 is 13.1 Å². The van der Waals surface area contributed by atoms with Gasteiger partial charge in [0.2, 0.25) is 0 Å². The highest BCUT2D eigenvalue weighted by Crippen LogP contribution is 2.28. The van der Waals surface area contributed by atoms with E-state index in [0.717, 1.165) is 38.6 Å². The smallest absolute Gasteiger partial charge is 0.508 e. The average molecular weight is 240 g/mol. The largest absolute Gasteiger partial charge is 0.524 e. The fourth-order valence-corrected chi connectivity index (χ4v) is 2.78. The highest BCUT2D eigenvalue weighted by molar-refractivity contribution is 6.45. The predicted octanol–water partition coefficient (Wildman–Crippen LogP) is 0.0336. The van der Waals surface area contributed by atoms with Crippen molar-refractivity contribution in [3.63, 3.8) is 0 Å². The Morgan fingerprint density at radius 3 is 3.06 bits per heavy atom. The van der Waals surface area contributed by atoms with E-state index in [4.69, 9.17) is 10.4 Å². The Balaban J connectivity index is 2.12. The zero-order chi connectivity index (χ0) is 12.3. The van der Waals surface area contributed by atoms with Gasteiger partial charge in [0.25, 0.3) is 0 Å². The van der Waals surface area contributed by atoms with Crippen LogP contribution in [0.5, 0.6) is 0 Å². The molecule has 2 aliphatic rings. The van der Waals surface area contributed by atoms with Gasteiger partial charge in [0, 0.05) is 6.04 Å². The van der Waals surface area contributed by atoms with E-state index in [-0.39, 0.29) is 12.0 Å². The Morgan fingerprint density at radius 2 is 2.29 bits per heavy atom. The number of hydrogen-bond acceptors (Lipinski definition) is 5. The van der Waals surface area contributed by atoms with Crippen LogP contribution in [0.3, 0.4) is 0 Å². The van der Waals surface area contributed by atoms with E-state index in [1.165, 1.54) is 0 Å². The van der Waals surface area contributed by atoms with E-state index >= 15 is 0 Å². The minimum absolute atomic E-state index is 0.0432. The first kappa shape index (κ1) is 12.9. The highest BCUT2D eigenvalue weighted by Gasteiger charge is 2.44. The molecular formula is C11H21BN2O3. The maximum Gasteiger partial charge on any atom is 0.524 e. The molecule has 0 amide bonds. The SMILES string of the molecule is N[C@H]1CCN[C@]2(CCCCCB(O)OC2=O)C1. The molecule has 0 aliphatic carbocycles. The predicted molar refractivity (Wildman–Crippen MR) is 65.3 cm³/mol. The second-order valence-electron chi connectivity index (χ2n) is 5.22. The standard InChI is InChI=1S/C11H21BN2O3/c13-9-4-7-14-11(8-9)5-2-1-3-6-12(16)17-10(11)15/h9,14,16H,1-8,13H2/t9-,11+/m0/s1. The van der Waals surface area contributed by atoms with E-state index in [1.54, 1.807) is 0 Å². The molecule has 2 saturated heterocycles. The number of piperidine rings is 1. The molecule has 0 aromatic heterocycles. The molecule has 0 aromatic carbocycles. The second-order valence-corrected chi connectivity index (χ2v) is 5.22. The van der Waals surface area contributed by atoms with E-state index in [0.29, 0.717) is 12.7 Å². The van der Waals surface area contributed by atoms with E-state index in [1.807, 2.05) is 0 Å². The van der Waals surface area contributed by atoms with Crippen LogP contribution in [-0.2, 0) is 9.45 Å². The second kappa shape index (κ2) is 5.37. The normalized spacial score (nSPS) is 36.0. The van der Waals surface area contributed by atoms with Crippen LogP contribution >= 0.6 is 0 Å². The van der Waals surface area contributed by atoms with Gasteiger partial charge in [0.05, 0.1) is 0 Å². The third-order valence-electron chi connectivity index (χ3n) is 3.78. The van der Waals surface area contributed by atoms with Crippen molar-refractivity contribution < 1.29 is 14.5 Å². The number of carbonyl (C=O) groups is 1. The van der Waals surface area contributed by atoms with Gasteiger partial charge in [-0.2, -0.15) is 0 Å². The lowest BCUT2D eigenvalue weighted by Crippen LogP contribution is -2.60. The Bertz CT molecular complexity index is 290. The molecule has 2 atom stereocenters. The fraction of sp³-hybridized carbons (Fsp3) is 0.909. The van der Waals surface area contributed by atoms with Crippen molar-refractivity contribution in [2.45, 2.75) is 56.4 Å². The number of rotatable bonds is 0. The van der Waals surface area contributed by atoms with Crippen LogP contribution in [-0.4, -0.2) is 36.2 Å². The van der Waals surface area contributed by atoms with Gasteiger partial charge in [0.15, 0.2) is 0 Å². The Labute approximate surface area is 102 Å². The molecule has 4 N–H and O–H groups in total. The number of nitrogens with one attached hydrogen (secondary N) is 1. The Morgan fingerprint density at radius 1 is 1.47 bits per heavy atom. The quantitative estimate of drug-likeness (QED) is 0.520. The molecule has 0 aromatic rings. The topological polar surface area (TPSA) is 84.6 Å². The molecular weight excluding hydrogens is 219 g/mol. The molecule has 2 rings (SSSR count). The molecule has 2 heterocycles. The first-order valence-corrected chi connectivity index (χ1v) is 6.52. The van der Waals surface area contributed by atoms with Crippen LogP contribution in [0.1, 0.15) is 38.5 Å². The zero-order valence-corrected chi connectivity index (χ0v) is 10.2. The lowest BCUT2D eigenvalue weighted by Gasteiger charge is -2.39. The molecule has 2 aliphatic heterocycles. The molecule has 0 unspecified atom stereocenters. The van der Waals surface area contributed by atoms with Gasteiger partial charge in [-0.15, -0.1) is 0 Å². The summed E-state index contributed by atoms with van der Waals surface area (Å²) in [6, 6.07) is 0.0432. The molecule has 17 heavy (non-hydrogen) atoms. The Kier molecular flexibility index (Phi) is 4.07. The maximum atomic E-state index is 12.2. The maximum absolute atomic E-state index is 12.2. The van der Waals surface area contributed by atoms with Crippen LogP contribution in [0.25, 0.3) is 0 Å². The molecule has 6 heteroatoms. The average Bonchev–Trinajstić information content (AvgIpc) is 2.33. The summed E-state index contributed by atoms with van der Waals surface area (Å²) in [6.07, 6.45) is 5.68.